The Morgan fingerprint density at radius 3 is 2.60 bits per heavy atom. The van der Waals surface area contributed by atoms with Gasteiger partial charge in [-0.25, -0.2) is 8.42 Å². The van der Waals surface area contributed by atoms with Gasteiger partial charge in [-0.2, -0.15) is 4.31 Å². The molecule has 2 N–H and O–H groups in total. The number of nitrogens with zero attached hydrogens (tertiary/aromatic N) is 1. The lowest BCUT2D eigenvalue weighted by Gasteiger charge is -2.30. The molecule has 224 valence electrons. The Bertz CT molecular complexity index is 1640. The monoisotopic (exact) mass is 602 g/mol. The average Bonchev–Trinajstić information content (AvgIpc) is 3.41. The number of aliphatic hydroxyl groups excluding tert-OH is 1. The van der Waals surface area contributed by atoms with Gasteiger partial charge in [0.2, 0.25) is 16.3 Å². The number of carbonyl (C=O) groups excluding carboxylic acids is 1. The highest BCUT2D eigenvalue weighted by molar-refractivity contribution is 7.89. The zero-order valence-electron chi connectivity index (χ0n) is 23.9. The van der Waals surface area contributed by atoms with E-state index in [-0.39, 0.29) is 49.4 Å². The molecule has 2 aliphatic rings. The molecule has 3 aromatic carbocycles. The number of allylic oxidation sites excluding steroid dienone is 1. The number of hydrogen-bond acceptors (Lipinski definition) is 7. The van der Waals surface area contributed by atoms with Gasteiger partial charge in [0.05, 0.1) is 31.8 Å². The van der Waals surface area contributed by atoms with Crippen molar-refractivity contribution in [2.24, 2.45) is 0 Å². The third kappa shape index (κ3) is 6.76. The number of aliphatic hydroxyl groups is 1. The summed E-state index contributed by atoms with van der Waals surface area (Å²) in [5.74, 6) is 2.38. The van der Waals surface area contributed by atoms with E-state index >= 15 is 0 Å². The third-order valence-corrected chi connectivity index (χ3v) is 9.48. The van der Waals surface area contributed by atoms with Crippen LogP contribution in [0.1, 0.15) is 29.0 Å². The molecule has 43 heavy (non-hydrogen) atoms. The Kier molecular flexibility index (Phi) is 9.48. The summed E-state index contributed by atoms with van der Waals surface area (Å²) >= 11 is 0. The molecular formula is C33H34N2O7S. The predicted molar refractivity (Wildman–Crippen MR) is 162 cm³/mol. The van der Waals surface area contributed by atoms with Gasteiger partial charge in [-0.15, -0.1) is 6.42 Å². The molecule has 1 amide bonds. The van der Waals surface area contributed by atoms with Crippen molar-refractivity contribution in [3.8, 4) is 29.2 Å². The predicted octanol–water partition coefficient (Wildman–Crippen LogP) is 3.43. The minimum atomic E-state index is -3.91. The number of benzene rings is 3. The molecule has 9 nitrogen and oxygen atoms in total. The summed E-state index contributed by atoms with van der Waals surface area (Å²) in [5.41, 5.74) is 5.97. The van der Waals surface area contributed by atoms with Crippen LogP contribution >= 0.6 is 0 Å². The van der Waals surface area contributed by atoms with Gasteiger partial charge < -0.3 is 24.6 Å². The lowest BCUT2D eigenvalue weighted by molar-refractivity contribution is -0.146. The quantitative estimate of drug-likeness (QED) is 0.239. The molecule has 0 radical (unpaired) electrons. The van der Waals surface area contributed by atoms with Crippen LogP contribution in [0.2, 0.25) is 0 Å². The van der Waals surface area contributed by atoms with Crippen molar-refractivity contribution in [2.75, 3.05) is 40.0 Å². The van der Waals surface area contributed by atoms with E-state index in [1.54, 1.807) is 18.2 Å². The largest absolute Gasteiger partial charge is 0.497 e. The number of nitrogens with one attached hydrogen (secondary N) is 1. The maximum absolute atomic E-state index is 13.3. The van der Waals surface area contributed by atoms with Crippen molar-refractivity contribution in [3.63, 3.8) is 0 Å². The van der Waals surface area contributed by atoms with Gasteiger partial charge in [-0.05, 0) is 64.6 Å². The second-order valence-corrected chi connectivity index (χ2v) is 12.2. The normalized spacial score (nSPS) is 17.3. The number of methoxy groups -OCH3 is 1. The van der Waals surface area contributed by atoms with Gasteiger partial charge >= 0.3 is 0 Å². The Morgan fingerprint density at radius 1 is 1.09 bits per heavy atom. The highest BCUT2D eigenvalue weighted by Gasteiger charge is 2.31. The van der Waals surface area contributed by atoms with E-state index in [9.17, 15) is 18.3 Å². The first-order valence-corrected chi connectivity index (χ1v) is 15.5. The van der Waals surface area contributed by atoms with E-state index in [1.807, 2.05) is 12.1 Å². The zero-order valence-corrected chi connectivity index (χ0v) is 24.7. The van der Waals surface area contributed by atoms with E-state index in [1.165, 1.54) is 41.5 Å². The summed E-state index contributed by atoms with van der Waals surface area (Å²) in [4.78, 5) is 12.9. The number of hydrogen-bond donors (Lipinski definition) is 2. The Hall–Kier alpha value is -4.14. The molecule has 0 spiro atoms. The first kappa shape index (κ1) is 30.3. The standard InChI is InChI=1S/C33H34N2O7S/c1-3-14-34-33(37)31-21-25(23-8-13-30-26(19-23)20-24-6-4-5-7-29(24)30)22-32(42-31)41-18-16-35(15-17-36)43(38,39)28-11-9-27(40-2)10-12-28/h1,4-13,19,21,25,32,36H,14-18,20,22H2,2H3,(H,34,37)/t25-,32+/m0/s1. The van der Waals surface area contributed by atoms with Crippen LogP contribution in [0.5, 0.6) is 5.75 Å². The maximum Gasteiger partial charge on any atom is 0.286 e. The molecule has 0 unspecified atom stereocenters. The van der Waals surface area contributed by atoms with Gasteiger partial charge in [-0.1, -0.05) is 48.4 Å². The summed E-state index contributed by atoms with van der Waals surface area (Å²) in [5, 5.41) is 12.2. The van der Waals surface area contributed by atoms with Crippen LogP contribution in [-0.4, -0.2) is 70.0 Å². The number of amides is 1. The number of sulfonamides is 1. The third-order valence-electron chi connectivity index (χ3n) is 7.57. The fourth-order valence-electron chi connectivity index (χ4n) is 5.41. The molecule has 1 aliphatic heterocycles. The second kappa shape index (κ2) is 13.4. The van der Waals surface area contributed by atoms with Crippen LogP contribution in [0.15, 0.2) is 83.5 Å². The molecule has 0 fully saturated rings. The number of rotatable bonds is 12. The molecule has 0 aromatic heterocycles. The summed E-state index contributed by atoms with van der Waals surface area (Å²) in [6.07, 6.45) is 7.55. The molecule has 10 heteroatoms. The van der Waals surface area contributed by atoms with E-state index in [2.05, 4.69) is 41.6 Å². The fraction of sp³-hybridized carbons (Fsp3) is 0.303. The van der Waals surface area contributed by atoms with Gasteiger partial charge in [0.15, 0.2) is 5.76 Å². The Labute approximate surface area is 252 Å². The van der Waals surface area contributed by atoms with Crippen LogP contribution in [-0.2, 0) is 30.7 Å². The smallest absolute Gasteiger partial charge is 0.286 e. The Morgan fingerprint density at radius 2 is 1.86 bits per heavy atom. The van der Waals surface area contributed by atoms with Crippen molar-refractivity contribution < 1.29 is 32.5 Å². The molecule has 0 saturated carbocycles. The molecule has 1 aliphatic carbocycles. The van der Waals surface area contributed by atoms with E-state index in [0.717, 1.165) is 16.3 Å². The highest BCUT2D eigenvalue weighted by Crippen LogP contribution is 2.39. The first-order chi connectivity index (χ1) is 20.8. The molecule has 5 rings (SSSR count). The lowest BCUT2D eigenvalue weighted by Crippen LogP contribution is -2.38. The van der Waals surface area contributed by atoms with Gasteiger partial charge in [-0.3, -0.25) is 4.79 Å². The van der Waals surface area contributed by atoms with E-state index < -0.39 is 22.2 Å². The molecule has 0 saturated heterocycles. The summed E-state index contributed by atoms with van der Waals surface area (Å²) in [7, 11) is -2.41. The molecule has 1 heterocycles. The van der Waals surface area contributed by atoms with Crippen molar-refractivity contribution in [1.82, 2.24) is 9.62 Å². The number of carbonyl (C=O) groups is 1. The minimum Gasteiger partial charge on any atom is -0.497 e. The van der Waals surface area contributed by atoms with Gasteiger partial charge in [0.25, 0.3) is 5.91 Å². The van der Waals surface area contributed by atoms with E-state index in [0.29, 0.717) is 12.2 Å². The van der Waals surface area contributed by atoms with Crippen LogP contribution in [0.4, 0.5) is 0 Å². The molecule has 2 atom stereocenters. The van der Waals surface area contributed by atoms with E-state index in [4.69, 9.17) is 20.6 Å². The average molecular weight is 603 g/mol. The van der Waals surface area contributed by atoms with Crippen LogP contribution in [0, 0.1) is 12.3 Å². The SMILES string of the molecule is C#CCNC(=O)C1=C[C@H](c2ccc3c(c2)Cc2ccccc2-3)C[C@H](OCCN(CCO)S(=O)(=O)c2ccc(OC)cc2)O1. The van der Waals surface area contributed by atoms with Crippen LogP contribution in [0.25, 0.3) is 11.1 Å². The van der Waals surface area contributed by atoms with Crippen molar-refractivity contribution in [3.05, 3.63) is 95.3 Å². The number of ether oxygens (including phenoxy) is 3. The maximum atomic E-state index is 13.3. The van der Waals surface area contributed by atoms with Crippen molar-refractivity contribution in [2.45, 2.75) is 29.9 Å². The first-order valence-electron chi connectivity index (χ1n) is 14.0. The second-order valence-electron chi connectivity index (χ2n) is 10.2. The zero-order chi connectivity index (χ0) is 30.4. The topological polar surface area (TPSA) is 114 Å². The molecule has 0 bridgehead atoms. The summed E-state index contributed by atoms with van der Waals surface area (Å²) in [6.45, 7) is -0.471. The fourth-order valence-corrected chi connectivity index (χ4v) is 6.83. The van der Waals surface area contributed by atoms with Gasteiger partial charge in [0.1, 0.15) is 5.75 Å². The van der Waals surface area contributed by atoms with Crippen molar-refractivity contribution in [1.29, 1.82) is 0 Å². The number of terminal acetylenes is 1. The minimum absolute atomic E-state index is 0.0223. The summed E-state index contributed by atoms with van der Waals surface area (Å²) < 4.78 is 44.7. The molecular weight excluding hydrogens is 568 g/mol. The lowest BCUT2D eigenvalue weighted by atomic mass is 9.90. The Balaban J connectivity index is 1.31. The summed E-state index contributed by atoms with van der Waals surface area (Å²) in [6, 6.07) is 20.7. The van der Waals surface area contributed by atoms with Crippen LogP contribution in [0.3, 0.4) is 0 Å². The van der Waals surface area contributed by atoms with Crippen LogP contribution < -0.4 is 10.1 Å². The van der Waals surface area contributed by atoms with Gasteiger partial charge in [0, 0.05) is 25.4 Å². The number of fused-ring (bicyclic) bond motifs is 3. The van der Waals surface area contributed by atoms with Crippen molar-refractivity contribution >= 4 is 15.9 Å². The highest BCUT2D eigenvalue weighted by atomic mass is 32.2. The molecule has 3 aromatic rings.